The van der Waals surface area contributed by atoms with E-state index in [-0.39, 0.29) is 21.6 Å². The van der Waals surface area contributed by atoms with Gasteiger partial charge in [0.25, 0.3) is 0 Å². The third kappa shape index (κ3) is 2.34. The number of carbonyl (C=O) groups excluding carboxylic acids is 1. The Morgan fingerprint density at radius 2 is 1.95 bits per heavy atom. The Bertz CT molecular complexity index is 635. The number of hydrogen-bond acceptors (Lipinski definition) is 5. The van der Waals surface area contributed by atoms with E-state index in [1.165, 1.54) is 18.1 Å². The van der Waals surface area contributed by atoms with E-state index in [0.717, 1.165) is 0 Å². The van der Waals surface area contributed by atoms with Crippen molar-refractivity contribution in [2.45, 2.75) is 5.37 Å². The van der Waals surface area contributed by atoms with Crippen molar-refractivity contribution in [1.82, 2.24) is 15.0 Å². The van der Waals surface area contributed by atoms with Gasteiger partial charge in [0.15, 0.2) is 0 Å². The van der Waals surface area contributed by atoms with Gasteiger partial charge in [-0.15, -0.1) is 11.8 Å². The van der Waals surface area contributed by atoms with Gasteiger partial charge in [-0.2, -0.15) is 0 Å². The lowest BCUT2D eigenvalue weighted by Crippen LogP contribution is -2.29. The molecule has 1 fully saturated rings. The van der Waals surface area contributed by atoms with Gasteiger partial charge in [0, 0.05) is 6.20 Å². The first kappa shape index (κ1) is 13.6. The topological polar surface area (TPSA) is 59.0 Å². The van der Waals surface area contributed by atoms with Gasteiger partial charge in [0.05, 0.1) is 11.3 Å². The third-order valence-corrected chi connectivity index (χ3v) is 4.58. The second-order valence-corrected chi connectivity index (χ2v) is 5.77. The highest BCUT2D eigenvalue weighted by molar-refractivity contribution is 8.00. The number of aromatic nitrogens is 3. The molecule has 2 aromatic rings. The van der Waals surface area contributed by atoms with Gasteiger partial charge in [0.2, 0.25) is 5.91 Å². The molecule has 0 N–H and O–H groups in total. The molecule has 1 unspecified atom stereocenters. The van der Waals surface area contributed by atoms with Crippen LogP contribution in [0.4, 0.5) is 5.82 Å². The van der Waals surface area contributed by atoms with Crippen molar-refractivity contribution in [3.8, 4) is 0 Å². The smallest absolute Gasteiger partial charge is 0.239 e. The number of amides is 1. The largest absolute Gasteiger partial charge is 0.279 e. The highest BCUT2D eigenvalue weighted by atomic mass is 35.5. The molecule has 1 saturated heterocycles. The number of carbonyl (C=O) groups is 1. The first-order chi connectivity index (χ1) is 9.68. The molecule has 0 saturated carbocycles. The zero-order valence-corrected chi connectivity index (χ0v) is 12.4. The molecule has 1 aliphatic rings. The molecule has 0 aliphatic carbocycles. The SMILES string of the molecule is O=C1CSC(c2c(Cl)ncnc2Cl)N1c1ccccn1. The first-order valence-electron chi connectivity index (χ1n) is 5.69. The molecule has 1 amide bonds. The number of pyridine rings is 1. The van der Waals surface area contributed by atoms with Crippen molar-refractivity contribution in [3.63, 3.8) is 0 Å². The lowest BCUT2D eigenvalue weighted by atomic mass is 10.3. The summed E-state index contributed by atoms with van der Waals surface area (Å²) in [4.78, 5) is 25.8. The molecule has 3 rings (SSSR count). The zero-order chi connectivity index (χ0) is 14.1. The number of rotatable bonds is 2. The molecule has 20 heavy (non-hydrogen) atoms. The van der Waals surface area contributed by atoms with Gasteiger partial charge in [-0.05, 0) is 12.1 Å². The predicted octanol–water partition coefficient (Wildman–Crippen LogP) is 2.96. The Balaban J connectivity index is 2.07. The molecule has 1 atom stereocenters. The fourth-order valence-electron chi connectivity index (χ4n) is 1.94. The molecule has 5 nitrogen and oxygen atoms in total. The van der Waals surface area contributed by atoms with Crippen molar-refractivity contribution in [1.29, 1.82) is 0 Å². The molecule has 0 spiro atoms. The van der Waals surface area contributed by atoms with E-state index in [4.69, 9.17) is 23.2 Å². The Labute approximate surface area is 129 Å². The van der Waals surface area contributed by atoms with Gasteiger partial charge in [-0.1, -0.05) is 29.3 Å². The maximum absolute atomic E-state index is 12.1. The van der Waals surface area contributed by atoms with Crippen LogP contribution in [0.15, 0.2) is 30.7 Å². The van der Waals surface area contributed by atoms with Crippen LogP contribution in [-0.4, -0.2) is 26.6 Å². The van der Waals surface area contributed by atoms with Crippen molar-refractivity contribution in [2.75, 3.05) is 10.7 Å². The monoisotopic (exact) mass is 326 g/mol. The van der Waals surface area contributed by atoms with Crippen molar-refractivity contribution in [2.24, 2.45) is 0 Å². The standard InChI is InChI=1S/C12H8Cl2N4OS/c13-10-9(11(14)17-6-16-10)12-18(8(19)5-20-12)7-3-1-2-4-15-7/h1-4,6,12H,5H2. The van der Waals surface area contributed by atoms with E-state index in [0.29, 0.717) is 17.1 Å². The van der Waals surface area contributed by atoms with Crippen molar-refractivity contribution < 1.29 is 4.79 Å². The summed E-state index contributed by atoms with van der Waals surface area (Å²) in [5, 5.41) is 0.134. The van der Waals surface area contributed by atoms with Crippen LogP contribution in [0, 0.1) is 0 Å². The summed E-state index contributed by atoms with van der Waals surface area (Å²) in [6, 6.07) is 5.38. The number of thioether (sulfide) groups is 1. The van der Waals surface area contributed by atoms with E-state index < -0.39 is 0 Å². The first-order valence-corrected chi connectivity index (χ1v) is 7.49. The Kier molecular flexibility index (Phi) is 3.78. The van der Waals surface area contributed by atoms with Gasteiger partial charge >= 0.3 is 0 Å². The summed E-state index contributed by atoms with van der Waals surface area (Å²) in [5.41, 5.74) is 0.539. The summed E-state index contributed by atoms with van der Waals surface area (Å²) >= 11 is 13.6. The highest BCUT2D eigenvalue weighted by Crippen LogP contribution is 2.44. The number of anilines is 1. The number of nitrogens with zero attached hydrogens (tertiary/aromatic N) is 4. The summed E-state index contributed by atoms with van der Waals surface area (Å²) in [6.07, 6.45) is 2.92. The fourth-order valence-corrected chi connectivity index (χ4v) is 3.79. The molecule has 0 radical (unpaired) electrons. The number of hydrogen-bond donors (Lipinski definition) is 0. The lowest BCUT2D eigenvalue weighted by molar-refractivity contribution is -0.115. The molecule has 8 heteroatoms. The van der Waals surface area contributed by atoms with E-state index in [9.17, 15) is 4.79 Å². The summed E-state index contributed by atoms with van der Waals surface area (Å²) in [5.74, 6) is 0.848. The van der Waals surface area contributed by atoms with E-state index >= 15 is 0 Å². The summed E-state index contributed by atoms with van der Waals surface area (Å²) in [6.45, 7) is 0. The third-order valence-electron chi connectivity index (χ3n) is 2.80. The minimum atomic E-state index is -0.362. The average molecular weight is 327 g/mol. The molecule has 2 aromatic heterocycles. The van der Waals surface area contributed by atoms with Crippen LogP contribution in [0.1, 0.15) is 10.9 Å². The Morgan fingerprint density at radius 3 is 2.60 bits per heavy atom. The average Bonchev–Trinajstić information content (AvgIpc) is 2.81. The van der Waals surface area contributed by atoms with Crippen LogP contribution in [0.25, 0.3) is 0 Å². The maximum atomic E-state index is 12.1. The van der Waals surface area contributed by atoms with Gasteiger partial charge in [-0.25, -0.2) is 15.0 Å². The van der Waals surface area contributed by atoms with Crippen LogP contribution in [0.3, 0.4) is 0 Å². The van der Waals surface area contributed by atoms with Crippen LogP contribution >= 0.6 is 35.0 Å². The molecular formula is C12H8Cl2N4OS. The van der Waals surface area contributed by atoms with E-state index in [1.807, 2.05) is 6.07 Å². The summed E-state index contributed by atoms with van der Waals surface area (Å²) < 4.78 is 0. The van der Waals surface area contributed by atoms with Crippen molar-refractivity contribution in [3.05, 3.63) is 46.6 Å². The second-order valence-electron chi connectivity index (χ2n) is 3.98. The van der Waals surface area contributed by atoms with Crippen molar-refractivity contribution >= 4 is 46.7 Å². The molecule has 0 aromatic carbocycles. The maximum Gasteiger partial charge on any atom is 0.239 e. The van der Waals surface area contributed by atoms with Gasteiger partial charge in [-0.3, -0.25) is 9.69 Å². The van der Waals surface area contributed by atoms with Crippen LogP contribution in [0.5, 0.6) is 0 Å². The fraction of sp³-hybridized carbons (Fsp3) is 0.167. The Hall–Kier alpha value is -1.37. The van der Waals surface area contributed by atoms with Gasteiger partial charge in [0.1, 0.15) is 27.8 Å². The minimum Gasteiger partial charge on any atom is -0.279 e. The highest BCUT2D eigenvalue weighted by Gasteiger charge is 2.37. The van der Waals surface area contributed by atoms with Gasteiger partial charge < -0.3 is 0 Å². The molecular weight excluding hydrogens is 319 g/mol. The van der Waals surface area contributed by atoms with E-state index in [2.05, 4.69) is 15.0 Å². The lowest BCUT2D eigenvalue weighted by Gasteiger charge is -2.23. The minimum absolute atomic E-state index is 0.0466. The molecule has 1 aliphatic heterocycles. The molecule has 0 bridgehead atoms. The normalized spacial score (nSPS) is 18.6. The van der Waals surface area contributed by atoms with Crippen LogP contribution in [-0.2, 0) is 4.79 Å². The zero-order valence-electron chi connectivity index (χ0n) is 10.0. The number of halogens is 2. The molecule has 102 valence electrons. The Morgan fingerprint density at radius 1 is 1.20 bits per heavy atom. The van der Waals surface area contributed by atoms with Crippen LogP contribution < -0.4 is 4.90 Å². The quantitative estimate of drug-likeness (QED) is 0.794. The second kappa shape index (κ2) is 5.55. The summed E-state index contributed by atoms with van der Waals surface area (Å²) in [7, 11) is 0. The van der Waals surface area contributed by atoms with E-state index in [1.54, 1.807) is 23.2 Å². The molecule has 3 heterocycles. The predicted molar refractivity (Wildman–Crippen MR) is 79.0 cm³/mol. The van der Waals surface area contributed by atoms with Crippen LogP contribution in [0.2, 0.25) is 10.3 Å².